The largest absolute Gasteiger partial charge is 0.309 e. The molecule has 2 atom stereocenters. The molecular formula is C44H28N2OP+. The Morgan fingerprint density at radius 1 is 0.542 bits per heavy atom. The fourth-order valence-electron chi connectivity index (χ4n) is 8.59. The molecule has 1 spiro atoms. The van der Waals surface area contributed by atoms with E-state index in [2.05, 4.69) is 132 Å². The lowest BCUT2D eigenvalue weighted by atomic mass is 9.62. The number of benzene rings is 7. The molecule has 1 aromatic heterocycles. The zero-order chi connectivity index (χ0) is 32.0. The molecule has 4 heteroatoms. The third-order valence-electron chi connectivity index (χ3n) is 10.5. The molecule has 3 nitrogen and oxygen atoms in total. The van der Waals surface area contributed by atoms with E-state index in [-0.39, 0.29) is 0 Å². The van der Waals surface area contributed by atoms with E-state index in [4.69, 9.17) is 0 Å². The first-order valence-electron chi connectivity index (χ1n) is 16.2. The highest BCUT2D eigenvalue weighted by atomic mass is 31.2. The summed E-state index contributed by atoms with van der Waals surface area (Å²) < 4.78 is 2.44. The Hall–Kier alpha value is -5.78. The van der Waals surface area contributed by atoms with Crippen LogP contribution in [0.4, 0.5) is 0 Å². The summed E-state index contributed by atoms with van der Waals surface area (Å²) in [7, 11) is -3.06. The van der Waals surface area contributed by atoms with Gasteiger partial charge in [0.1, 0.15) is 15.9 Å². The highest BCUT2D eigenvalue weighted by Gasteiger charge is 2.60. The van der Waals surface area contributed by atoms with Gasteiger partial charge < -0.3 is 4.57 Å². The second-order valence-corrected chi connectivity index (χ2v) is 15.5. The maximum absolute atomic E-state index is 13.4. The third kappa shape index (κ3) is 3.33. The monoisotopic (exact) mass is 631 g/mol. The van der Waals surface area contributed by atoms with E-state index in [0.717, 1.165) is 43.9 Å². The lowest BCUT2D eigenvalue weighted by Gasteiger charge is -2.46. The summed E-state index contributed by atoms with van der Waals surface area (Å²) in [6, 6.07) is 59.8. The highest BCUT2D eigenvalue weighted by Crippen LogP contribution is 2.64. The molecule has 0 fully saturated rings. The summed E-state index contributed by atoms with van der Waals surface area (Å²) in [5.41, 5.74) is 10.1. The van der Waals surface area contributed by atoms with Crippen LogP contribution >= 0.6 is 7.49 Å². The van der Waals surface area contributed by atoms with Gasteiger partial charge in [-0.2, -0.15) is 5.26 Å². The van der Waals surface area contributed by atoms with Crippen molar-refractivity contribution in [1.82, 2.24) is 4.57 Å². The van der Waals surface area contributed by atoms with Crippen molar-refractivity contribution in [2.24, 2.45) is 0 Å². The number of hydrogen-bond acceptors (Lipinski definition) is 2. The minimum atomic E-state index is -3.06. The average Bonchev–Trinajstić information content (AvgIpc) is 3.50. The first-order valence-corrected chi connectivity index (χ1v) is 18.0. The molecule has 3 heterocycles. The zero-order valence-electron chi connectivity index (χ0n) is 25.9. The van der Waals surface area contributed by atoms with E-state index in [1.807, 2.05) is 42.5 Å². The lowest BCUT2D eigenvalue weighted by molar-refractivity contribution is 0.626. The molecule has 0 amide bonds. The number of rotatable bonds is 2. The number of nitrogens with zero attached hydrogens (tertiary/aromatic N) is 2. The molecule has 0 radical (unpaired) electrons. The van der Waals surface area contributed by atoms with Crippen molar-refractivity contribution in [3.63, 3.8) is 0 Å². The quantitative estimate of drug-likeness (QED) is 0.195. The maximum atomic E-state index is 13.4. The molecule has 0 aliphatic carbocycles. The summed E-state index contributed by atoms with van der Waals surface area (Å²) in [6.45, 7) is 0. The number of aromatic nitrogens is 1. The Labute approximate surface area is 279 Å². The van der Waals surface area contributed by atoms with Gasteiger partial charge in [0.15, 0.2) is 0 Å². The van der Waals surface area contributed by atoms with Gasteiger partial charge in [0.2, 0.25) is 7.49 Å². The van der Waals surface area contributed by atoms with Gasteiger partial charge >= 0.3 is 0 Å². The van der Waals surface area contributed by atoms with Gasteiger partial charge in [-0.1, -0.05) is 109 Å². The van der Waals surface area contributed by atoms with Crippen LogP contribution in [-0.4, -0.2) is 9.46 Å². The summed E-state index contributed by atoms with van der Waals surface area (Å²) in [5, 5.41) is 14.9. The maximum Gasteiger partial charge on any atom is 0.239 e. The minimum Gasteiger partial charge on any atom is -0.309 e. The van der Waals surface area contributed by atoms with Crippen molar-refractivity contribution in [3.8, 4) is 22.9 Å². The van der Waals surface area contributed by atoms with E-state index < -0.39 is 12.9 Å². The van der Waals surface area contributed by atoms with E-state index >= 15 is 0 Å². The Bertz CT molecular complexity index is 2650. The highest BCUT2D eigenvalue weighted by molar-refractivity contribution is 7.91. The molecule has 224 valence electrons. The fourth-order valence-corrected chi connectivity index (χ4v) is 11.8. The smallest absolute Gasteiger partial charge is 0.239 e. The van der Waals surface area contributed by atoms with Gasteiger partial charge in [0.25, 0.3) is 0 Å². The predicted molar refractivity (Wildman–Crippen MR) is 197 cm³/mol. The molecule has 2 aliphatic rings. The van der Waals surface area contributed by atoms with E-state index in [1.165, 1.54) is 32.9 Å². The molecule has 0 bridgehead atoms. The number of para-hydroxylation sites is 3. The van der Waals surface area contributed by atoms with Gasteiger partial charge in [-0.05, 0) is 76.9 Å². The lowest BCUT2D eigenvalue weighted by Crippen LogP contribution is -2.50. The number of hydrogen-bond donors (Lipinski definition) is 1. The van der Waals surface area contributed by atoms with Crippen molar-refractivity contribution in [3.05, 3.63) is 192 Å². The first-order chi connectivity index (χ1) is 23.7. The first kappa shape index (κ1) is 27.3. The molecule has 2 unspecified atom stereocenters. The second kappa shape index (κ2) is 9.86. The Kier molecular flexibility index (Phi) is 5.62. The minimum absolute atomic E-state index is 0.632. The molecule has 1 N–H and O–H groups in total. The van der Waals surface area contributed by atoms with Crippen molar-refractivity contribution < 1.29 is 4.89 Å². The third-order valence-corrected chi connectivity index (χ3v) is 13.8. The van der Waals surface area contributed by atoms with Gasteiger partial charge in [0.05, 0.1) is 33.8 Å². The standard InChI is InChI=1S/C44H28N2OP/c45-28-29-21-23-30(24-22-29)31-25-26-42-38(27-31)44(36-16-6-9-20-41(36)48(42,47)32-11-2-1-3-12-32)35-15-5-8-19-40(35)46-39-18-7-4-13-33(39)34-14-10-17-37(44)43(34)46/h1-27,47H/q+1. The fraction of sp³-hybridized carbons (Fsp3) is 0.0227. The molecule has 0 saturated heterocycles. The van der Waals surface area contributed by atoms with Gasteiger partial charge in [-0.15, -0.1) is 0 Å². The van der Waals surface area contributed by atoms with Crippen molar-refractivity contribution in [2.45, 2.75) is 5.41 Å². The van der Waals surface area contributed by atoms with Crippen molar-refractivity contribution >= 4 is 45.2 Å². The molecule has 0 saturated carbocycles. The predicted octanol–water partition coefficient (Wildman–Crippen LogP) is 8.53. The van der Waals surface area contributed by atoms with E-state index in [1.54, 1.807) is 0 Å². The van der Waals surface area contributed by atoms with Crippen LogP contribution in [0.3, 0.4) is 0 Å². The molecular weight excluding hydrogens is 603 g/mol. The Balaban J connectivity index is 1.42. The number of fused-ring (bicyclic) bond motifs is 11. The van der Waals surface area contributed by atoms with E-state index in [0.29, 0.717) is 5.56 Å². The average molecular weight is 632 g/mol. The normalized spacial score (nSPS) is 18.7. The van der Waals surface area contributed by atoms with Gasteiger partial charge in [-0.3, -0.25) is 0 Å². The summed E-state index contributed by atoms with van der Waals surface area (Å²) >= 11 is 0. The summed E-state index contributed by atoms with van der Waals surface area (Å²) in [6.07, 6.45) is 0. The van der Waals surface area contributed by atoms with Crippen LogP contribution in [0.2, 0.25) is 0 Å². The van der Waals surface area contributed by atoms with Crippen molar-refractivity contribution in [2.75, 3.05) is 0 Å². The van der Waals surface area contributed by atoms with Crippen molar-refractivity contribution in [1.29, 1.82) is 5.26 Å². The number of nitriles is 1. The van der Waals surface area contributed by atoms with Crippen LogP contribution in [-0.2, 0) is 5.41 Å². The summed E-state index contributed by atoms with van der Waals surface area (Å²) in [4.78, 5) is 13.4. The molecule has 10 rings (SSSR count). The van der Waals surface area contributed by atoms with E-state index in [9.17, 15) is 10.2 Å². The van der Waals surface area contributed by atoms with Crippen LogP contribution in [0.1, 0.15) is 27.8 Å². The Morgan fingerprint density at radius 2 is 1.19 bits per heavy atom. The van der Waals surface area contributed by atoms with Crippen LogP contribution in [0.15, 0.2) is 164 Å². The zero-order valence-corrected chi connectivity index (χ0v) is 26.8. The van der Waals surface area contributed by atoms with Crippen LogP contribution in [0, 0.1) is 11.3 Å². The van der Waals surface area contributed by atoms with Crippen LogP contribution in [0.25, 0.3) is 38.6 Å². The Morgan fingerprint density at radius 3 is 2.02 bits per heavy atom. The topological polar surface area (TPSA) is 49.0 Å². The molecule has 2 aliphatic heterocycles. The van der Waals surface area contributed by atoms with Crippen LogP contribution in [0.5, 0.6) is 0 Å². The van der Waals surface area contributed by atoms with Gasteiger partial charge in [-0.25, -0.2) is 4.89 Å². The summed E-state index contributed by atoms with van der Waals surface area (Å²) in [5.74, 6) is 0. The van der Waals surface area contributed by atoms with Crippen LogP contribution < -0.4 is 15.9 Å². The molecule has 7 aromatic carbocycles. The molecule has 8 aromatic rings. The second-order valence-electron chi connectivity index (χ2n) is 12.7. The van der Waals surface area contributed by atoms with Gasteiger partial charge in [0, 0.05) is 21.9 Å². The SMILES string of the molecule is N#Cc1ccc(-c2ccc3c(c2)C2(c4ccccc4-n4c5ccccc5c5cccc2c54)c2ccccc2[P+]3(O)c2ccccc2)cc1. The molecule has 48 heavy (non-hydrogen) atoms.